The van der Waals surface area contributed by atoms with Gasteiger partial charge in [-0.1, -0.05) is 0 Å². The fourth-order valence-electron chi connectivity index (χ4n) is 0.821. The first kappa shape index (κ1) is 10.3. The highest BCUT2D eigenvalue weighted by Crippen LogP contribution is 2.19. The minimum absolute atomic E-state index is 0.0174. The Morgan fingerprint density at radius 3 is 1.36 bits per heavy atom. The molecule has 0 unspecified atom stereocenters. The Bertz CT molecular complexity index is 168. The van der Waals surface area contributed by atoms with Crippen LogP contribution in [0.15, 0.2) is 9.98 Å². The zero-order valence-corrected chi connectivity index (χ0v) is 8.39. The number of rotatable bonds is 2. The molecule has 0 atom stereocenters. The van der Waals surface area contributed by atoms with Crippen molar-refractivity contribution in [3.05, 3.63) is 0 Å². The Labute approximate surface area is 69.4 Å². The maximum atomic E-state index is 4.16. The molecule has 0 aromatic carbocycles. The Kier molecular flexibility index (Phi) is 3.43. The summed E-state index contributed by atoms with van der Waals surface area (Å²) in [5, 5.41) is 0. The maximum absolute atomic E-state index is 4.16. The van der Waals surface area contributed by atoms with Gasteiger partial charge in [0, 0.05) is 30.9 Å². The van der Waals surface area contributed by atoms with E-state index < -0.39 is 0 Å². The number of hydrogen-bond acceptors (Lipinski definition) is 2. The van der Waals surface area contributed by atoms with E-state index in [-0.39, 0.29) is 5.41 Å². The van der Waals surface area contributed by atoms with Crippen molar-refractivity contribution in [3.8, 4) is 0 Å². The van der Waals surface area contributed by atoms with Gasteiger partial charge in [-0.25, -0.2) is 0 Å². The van der Waals surface area contributed by atoms with E-state index in [4.69, 9.17) is 0 Å². The highest BCUT2D eigenvalue weighted by atomic mass is 14.7. The summed E-state index contributed by atoms with van der Waals surface area (Å²) in [6.07, 6.45) is 0. The molecule has 0 amide bonds. The summed E-state index contributed by atoms with van der Waals surface area (Å²) >= 11 is 0. The van der Waals surface area contributed by atoms with Crippen molar-refractivity contribution in [1.82, 2.24) is 0 Å². The summed E-state index contributed by atoms with van der Waals surface area (Å²) < 4.78 is 0. The van der Waals surface area contributed by atoms with Gasteiger partial charge >= 0.3 is 0 Å². The Morgan fingerprint density at radius 1 is 0.909 bits per heavy atom. The van der Waals surface area contributed by atoms with E-state index in [0.717, 1.165) is 11.4 Å². The van der Waals surface area contributed by atoms with E-state index in [0.29, 0.717) is 0 Å². The second kappa shape index (κ2) is 3.65. The number of nitrogens with zero attached hydrogens (tertiary/aromatic N) is 2. The van der Waals surface area contributed by atoms with E-state index in [2.05, 4.69) is 23.8 Å². The van der Waals surface area contributed by atoms with Crippen molar-refractivity contribution in [2.75, 3.05) is 14.1 Å². The van der Waals surface area contributed by atoms with Crippen LogP contribution in [0.5, 0.6) is 0 Å². The minimum Gasteiger partial charge on any atom is -0.297 e. The van der Waals surface area contributed by atoms with Crippen LogP contribution in [0, 0.1) is 5.41 Å². The molecule has 0 saturated carbocycles. The van der Waals surface area contributed by atoms with Gasteiger partial charge in [-0.2, -0.15) is 0 Å². The van der Waals surface area contributed by atoms with Crippen LogP contribution in [-0.4, -0.2) is 25.5 Å². The van der Waals surface area contributed by atoms with E-state index >= 15 is 0 Å². The topological polar surface area (TPSA) is 24.7 Å². The predicted octanol–water partition coefficient (Wildman–Crippen LogP) is 2.19. The minimum atomic E-state index is 0.0174. The lowest BCUT2D eigenvalue weighted by atomic mass is 9.83. The second-order valence-corrected chi connectivity index (χ2v) is 3.24. The zero-order chi connectivity index (χ0) is 9.07. The van der Waals surface area contributed by atoms with E-state index in [1.807, 2.05) is 27.9 Å². The van der Waals surface area contributed by atoms with Crippen LogP contribution >= 0.6 is 0 Å². The molecule has 0 heterocycles. The van der Waals surface area contributed by atoms with Crippen molar-refractivity contribution in [3.63, 3.8) is 0 Å². The summed E-state index contributed by atoms with van der Waals surface area (Å²) in [4.78, 5) is 8.33. The van der Waals surface area contributed by atoms with Crippen LogP contribution in [0.1, 0.15) is 27.7 Å². The lowest BCUT2D eigenvalue weighted by Crippen LogP contribution is -2.29. The fraction of sp³-hybridized carbons (Fsp3) is 0.778. The molecule has 0 aromatic heterocycles. The summed E-state index contributed by atoms with van der Waals surface area (Å²) in [6.45, 7) is 8.35. The number of aliphatic imine (C=N–C) groups is 2. The van der Waals surface area contributed by atoms with E-state index in [1.54, 1.807) is 0 Å². The molecule has 0 bridgehead atoms. The molecule has 0 N–H and O–H groups in total. The summed E-state index contributed by atoms with van der Waals surface area (Å²) in [7, 11) is 3.64. The standard InChI is InChI=1S/C9H18N2/c1-7(10-5)9(3,4)8(2)11-6/h1-6H3. The molecule has 0 radical (unpaired) electrons. The van der Waals surface area contributed by atoms with Gasteiger partial charge in [-0.15, -0.1) is 0 Å². The Morgan fingerprint density at radius 2 is 1.18 bits per heavy atom. The molecule has 2 nitrogen and oxygen atoms in total. The van der Waals surface area contributed by atoms with Gasteiger partial charge in [-0.3, -0.25) is 9.98 Å². The van der Waals surface area contributed by atoms with Crippen molar-refractivity contribution in [2.24, 2.45) is 15.4 Å². The van der Waals surface area contributed by atoms with Gasteiger partial charge in [0.1, 0.15) is 0 Å². The molecule has 0 fully saturated rings. The molecule has 64 valence electrons. The van der Waals surface area contributed by atoms with E-state index in [1.165, 1.54) is 0 Å². The SMILES string of the molecule is CN=C(C)C(C)(C)C(C)=NC. The van der Waals surface area contributed by atoms with Gasteiger partial charge in [0.25, 0.3) is 0 Å². The fourth-order valence-corrected chi connectivity index (χ4v) is 0.821. The molecule has 0 aliphatic rings. The van der Waals surface area contributed by atoms with Crippen LogP contribution in [0.3, 0.4) is 0 Å². The quantitative estimate of drug-likeness (QED) is 0.545. The Balaban J connectivity index is 4.73. The Hall–Kier alpha value is -0.660. The van der Waals surface area contributed by atoms with Crippen LogP contribution in [-0.2, 0) is 0 Å². The largest absolute Gasteiger partial charge is 0.297 e. The molecule has 0 aliphatic carbocycles. The van der Waals surface area contributed by atoms with Gasteiger partial charge in [0.05, 0.1) is 0 Å². The summed E-state index contributed by atoms with van der Waals surface area (Å²) in [5.41, 5.74) is 2.27. The van der Waals surface area contributed by atoms with Crippen LogP contribution < -0.4 is 0 Å². The first-order valence-electron chi connectivity index (χ1n) is 3.84. The molecule has 0 aromatic rings. The lowest BCUT2D eigenvalue weighted by molar-refractivity contribution is 0.715. The highest BCUT2D eigenvalue weighted by Gasteiger charge is 2.23. The van der Waals surface area contributed by atoms with Gasteiger partial charge in [0.2, 0.25) is 0 Å². The van der Waals surface area contributed by atoms with Gasteiger partial charge < -0.3 is 0 Å². The molecule has 0 rings (SSSR count). The van der Waals surface area contributed by atoms with Crippen LogP contribution in [0.2, 0.25) is 0 Å². The van der Waals surface area contributed by atoms with Crippen molar-refractivity contribution >= 4 is 11.4 Å². The average Bonchev–Trinajstić information content (AvgIpc) is 2.01. The third kappa shape index (κ3) is 2.14. The molecule has 0 spiro atoms. The van der Waals surface area contributed by atoms with Crippen LogP contribution in [0.25, 0.3) is 0 Å². The third-order valence-corrected chi connectivity index (χ3v) is 2.48. The maximum Gasteiger partial charge on any atom is 0.0398 e. The highest BCUT2D eigenvalue weighted by molar-refractivity contribution is 6.09. The molecule has 11 heavy (non-hydrogen) atoms. The van der Waals surface area contributed by atoms with Crippen molar-refractivity contribution in [1.29, 1.82) is 0 Å². The lowest BCUT2D eigenvalue weighted by Gasteiger charge is -2.23. The molecule has 0 aliphatic heterocycles. The average molecular weight is 154 g/mol. The van der Waals surface area contributed by atoms with Crippen molar-refractivity contribution < 1.29 is 0 Å². The molecular formula is C9H18N2. The monoisotopic (exact) mass is 154 g/mol. The molecular weight excluding hydrogens is 136 g/mol. The van der Waals surface area contributed by atoms with E-state index in [9.17, 15) is 0 Å². The second-order valence-electron chi connectivity index (χ2n) is 3.24. The smallest absolute Gasteiger partial charge is 0.0398 e. The van der Waals surface area contributed by atoms with Gasteiger partial charge in [-0.05, 0) is 27.7 Å². The zero-order valence-electron chi connectivity index (χ0n) is 8.39. The molecule has 0 saturated heterocycles. The summed E-state index contributed by atoms with van der Waals surface area (Å²) in [5.74, 6) is 0. The van der Waals surface area contributed by atoms with Gasteiger partial charge in [0.15, 0.2) is 0 Å². The van der Waals surface area contributed by atoms with Crippen molar-refractivity contribution in [2.45, 2.75) is 27.7 Å². The normalized spacial score (nSPS) is 15.5. The predicted molar refractivity (Wildman–Crippen MR) is 51.8 cm³/mol. The first-order valence-corrected chi connectivity index (χ1v) is 3.84. The number of hydrogen-bond donors (Lipinski definition) is 0. The third-order valence-electron chi connectivity index (χ3n) is 2.48. The molecule has 2 heteroatoms. The van der Waals surface area contributed by atoms with Crippen LogP contribution in [0.4, 0.5) is 0 Å². The first-order chi connectivity index (χ1) is 4.96. The summed E-state index contributed by atoms with van der Waals surface area (Å²) in [6, 6.07) is 0.